The summed E-state index contributed by atoms with van der Waals surface area (Å²) in [6.45, 7) is 11.7. The van der Waals surface area contributed by atoms with Crippen LogP contribution in [0.25, 0.3) is 45.2 Å². The molecule has 374 valence electrons. The van der Waals surface area contributed by atoms with Gasteiger partial charge < -0.3 is 25.4 Å². The quantitative estimate of drug-likeness (QED) is 0.0698. The second kappa shape index (κ2) is 22.0. The van der Waals surface area contributed by atoms with Gasteiger partial charge in [-0.25, -0.2) is 4.98 Å². The van der Waals surface area contributed by atoms with E-state index >= 15 is 0 Å². The Morgan fingerprint density at radius 3 is 2.29 bits per heavy atom. The van der Waals surface area contributed by atoms with E-state index < -0.39 is 16.6 Å². The molecule has 0 aliphatic carbocycles. The van der Waals surface area contributed by atoms with Crippen LogP contribution in [-0.2, 0) is 45.8 Å². The number of piperidine rings is 1. The summed E-state index contributed by atoms with van der Waals surface area (Å²) >= 11 is 0. The Bertz CT molecular complexity index is 3110. The third-order valence-electron chi connectivity index (χ3n) is 13.9. The Hall–Kier alpha value is -7.29. The molecule has 7 aromatic rings. The first-order valence-electron chi connectivity index (χ1n) is 24.9. The van der Waals surface area contributed by atoms with Crippen LogP contribution in [0.5, 0.6) is 0 Å². The first-order chi connectivity index (χ1) is 34.5. The minimum Gasteiger partial charge on any atom is -0.388 e. The Labute approximate surface area is 421 Å². The molecular formula is C58H67N8O6+. The number of likely N-dealkylation sites (tertiary alicyclic amines) is 1. The molecule has 14 heteroatoms. The number of ether oxygens (including phenoxy) is 1. The smallest absolute Gasteiger partial charge is 0.286 e. The van der Waals surface area contributed by atoms with Crippen LogP contribution in [0.3, 0.4) is 0 Å². The van der Waals surface area contributed by atoms with Crippen molar-refractivity contribution < 1.29 is 28.8 Å². The molecule has 3 amide bonds. The van der Waals surface area contributed by atoms with Crippen molar-refractivity contribution >= 4 is 51.7 Å². The molecule has 72 heavy (non-hydrogen) atoms. The number of carbonyl (C=O) groups excluding carboxylic acids is 3. The molecule has 1 aliphatic heterocycles. The minimum absolute atomic E-state index is 0.0506. The average molecular weight is 972 g/mol. The van der Waals surface area contributed by atoms with Crippen LogP contribution >= 0.6 is 0 Å². The van der Waals surface area contributed by atoms with Crippen molar-refractivity contribution in [1.29, 1.82) is 0 Å². The number of hydrogen-bond acceptors (Lipinski definition) is 8. The zero-order valence-corrected chi connectivity index (χ0v) is 42.3. The van der Waals surface area contributed by atoms with Crippen molar-refractivity contribution in [1.82, 2.24) is 34.9 Å². The molecule has 1 saturated heterocycles. The third-order valence-corrected chi connectivity index (χ3v) is 13.9. The number of pyridine rings is 1. The van der Waals surface area contributed by atoms with Gasteiger partial charge in [-0.3, -0.25) is 28.4 Å². The highest BCUT2D eigenvalue weighted by atomic mass is 16.5. The number of nitrogens with one attached hydrogen (secondary N) is 2. The van der Waals surface area contributed by atoms with Crippen molar-refractivity contribution in [2.75, 3.05) is 26.2 Å². The molecule has 1 atom stereocenters. The van der Waals surface area contributed by atoms with E-state index in [0.29, 0.717) is 69.7 Å². The molecule has 0 spiro atoms. The van der Waals surface area contributed by atoms with Crippen molar-refractivity contribution in [3.8, 4) is 11.3 Å². The normalized spacial score (nSPS) is 14.5. The van der Waals surface area contributed by atoms with E-state index in [9.17, 15) is 24.3 Å². The molecule has 4 heterocycles. The van der Waals surface area contributed by atoms with Gasteiger partial charge in [-0.05, 0) is 72.1 Å². The van der Waals surface area contributed by atoms with Gasteiger partial charge in [0.25, 0.3) is 11.5 Å². The maximum atomic E-state index is 13.8. The van der Waals surface area contributed by atoms with Crippen molar-refractivity contribution in [2.24, 2.45) is 12.5 Å². The number of fused-ring (bicyclic) bond motifs is 2. The molecule has 0 bridgehead atoms. The summed E-state index contributed by atoms with van der Waals surface area (Å²) in [5, 5.41) is 24.6. The number of carbonyl (C=O) groups is 3. The highest BCUT2D eigenvalue weighted by Crippen LogP contribution is 2.29. The van der Waals surface area contributed by atoms with Gasteiger partial charge in [-0.15, -0.1) is 0 Å². The number of aryl methyl sites for hydroxylation is 1. The number of aliphatic hydroxyl groups is 1. The van der Waals surface area contributed by atoms with Crippen LogP contribution in [0.2, 0.25) is 0 Å². The van der Waals surface area contributed by atoms with Gasteiger partial charge in [0.05, 0.1) is 29.8 Å². The average Bonchev–Trinajstić information content (AvgIpc) is 3.72. The van der Waals surface area contributed by atoms with Crippen molar-refractivity contribution in [3.05, 3.63) is 161 Å². The predicted molar refractivity (Wildman–Crippen MR) is 281 cm³/mol. The summed E-state index contributed by atoms with van der Waals surface area (Å²) in [7, 11) is 1.77. The molecule has 3 N–H and O–H groups in total. The fraction of sp³-hybridized carbons (Fsp3) is 0.362. The lowest BCUT2D eigenvalue weighted by Gasteiger charge is -2.38. The van der Waals surface area contributed by atoms with Crippen LogP contribution in [-0.4, -0.2) is 84.5 Å². The number of hydrogen-bond donors (Lipinski definition) is 3. The second-order valence-corrected chi connectivity index (χ2v) is 20.6. The highest BCUT2D eigenvalue weighted by Gasteiger charge is 2.35. The standard InChI is InChI=1S/C58H66N8O6/c1-41(44-13-8-7-9-14-44)35-50(68)65-32-27-58(71,28-33-65)39-66-40-61-51-52(54(66)69)62-63(6)53(51)47-23-20-43(21-24-47)36-59-55(70)56(2,3)29-34-72-57(4,5)38-60-49(67)37-64-30-25-42(26-31-64)19-22-46-17-12-16-45-15-10-11-18-48(45)46/h7-26,30-31,40-41,71H,27-29,32-39H2,1-6H3,(H-,59,60,67,70)/p+1/b22-19+. The number of benzene rings is 4. The second-order valence-electron chi connectivity index (χ2n) is 20.6. The topological polar surface area (TPSA) is 165 Å². The largest absolute Gasteiger partial charge is 0.388 e. The summed E-state index contributed by atoms with van der Waals surface area (Å²) in [5.41, 5.74) is 3.46. The van der Waals surface area contributed by atoms with Gasteiger partial charge in [-0.1, -0.05) is 130 Å². The first-order valence-corrected chi connectivity index (χ1v) is 24.9. The maximum Gasteiger partial charge on any atom is 0.286 e. The van der Waals surface area contributed by atoms with Crippen molar-refractivity contribution in [2.45, 2.75) is 97.1 Å². The van der Waals surface area contributed by atoms with Crippen LogP contribution in [0.15, 0.2) is 133 Å². The monoisotopic (exact) mass is 972 g/mol. The van der Waals surface area contributed by atoms with E-state index in [1.165, 1.54) is 21.7 Å². The summed E-state index contributed by atoms with van der Waals surface area (Å²) in [5.74, 6) is -0.0810. The molecule has 1 unspecified atom stereocenters. The molecule has 0 radical (unpaired) electrons. The summed E-state index contributed by atoms with van der Waals surface area (Å²) in [4.78, 5) is 59.7. The minimum atomic E-state index is -1.17. The van der Waals surface area contributed by atoms with E-state index in [-0.39, 0.29) is 47.8 Å². The van der Waals surface area contributed by atoms with E-state index in [4.69, 9.17) is 4.74 Å². The highest BCUT2D eigenvalue weighted by molar-refractivity contribution is 5.93. The molecule has 4 aromatic carbocycles. The molecule has 3 aromatic heterocycles. The van der Waals surface area contributed by atoms with Gasteiger partial charge in [0.15, 0.2) is 17.9 Å². The summed E-state index contributed by atoms with van der Waals surface area (Å²) < 4.78 is 11.1. The molecule has 0 saturated carbocycles. The van der Waals surface area contributed by atoms with Crippen molar-refractivity contribution in [3.63, 3.8) is 0 Å². The first kappa shape index (κ1) is 51.1. The Kier molecular flexibility index (Phi) is 15.6. The molecule has 14 nitrogen and oxygen atoms in total. The van der Waals surface area contributed by atoms with Gasteiger partial charge >= 0.3 is 0 Å². The molecule has 1 fully saturated rings. The van der Waals surface area contributed by atoms with Gasteiger partial charge in [0.2, 0.25) is 18.4 Å². The Balaban J connectivity index is 0.766. The summed E-state index contributed by atoms with van der Waals surface area (Å²) in [6.07, 6.45) is 11.0. The zero-order chi connectivity index (χ0) is 51.0. The summed E-state index contributed by atoms with van der Waals surface area (Å²) in [6, 6.07) is 36.2. The molecular weight excluding hydrogens is 905 g/mol. The Morgan fingerprint density at radius 2 is 1.56 bits per heavy atom. The van der Waals surface area contributed by atoms with Crippen LogP contribution < -0.4 is 20.8 Å². The van der Waals surface area contributed by atoms with Gasteiger partial charge in [-0.2, -0.15) is 9.67 Å². The number of amides is 3. The lowest BCUT2D eigenvalue weighted by Crippen LogP contribution is -2.49. The van der Waals surface area contributed by atoms with E-state index in [1.807, 2.05) is 135 Å². The van der Waals surface area contributed by atoms with Crippen LogP contribution in [0.1, 0.15) is 88.5 Å². The van der Waals surface area contributed by atoms with E-state index in [0.717, 1.165) is 27.8 Å². The van der Waals surface area contributed by atoms with Gasteiger partial charge in [0.1, 0.15) is 5.52 Å². The molecule has 1 aliphatic rings. The third kappa shape index (κ3) is 12.6. The number of nitrogens with zero attached hydrogens (tertiary/aromatic N) is 6. The number of aromatic nitrogens is 5. The lowest BCUT2D eigenvalue weighted by molar-refractivity contribution is -0.684. The van der Waals surface area contributed by atoms with Gasteiger partial charge in [0, 0.05) is 69.4 Å². The van der Waals surface area contributed by atoms with E-state index in [2.05, 4.69) is 63.2 Å². The fourth-order valence-electron chi connectivity index (χ4n) is 9.22. The maximum absolute atomic E-state index is 13.8. The predicted octanol–water partition coefficient (Wildman–Crippen LogP) is 7.60. The Morgan fingerprint density at radius 1 is 0.861 bits per heavy atom. The van der Waals surface area contributed by atoms with Crippen LogP contribution in [0, 0.1) is 5.41 Å². The zero-order valence-electron chi connectivity index (χ0n) is 42.3. The van der Waals surface area contributed by atoms with Crippen LogP contribution in [0.4, 0.5) is 0 Å². The number of rotatable bonds is 19. The fourth-order valence-corrected chi connectivity index (χ4v) is 9.22. The van der Waals surface area contributed by atoms with E-state index in [1.54, 1.807) is 11.7 Å². The SMILES string of the molecule is CC(CC(=O)N1CCC(O)(Cn2cnc3c(-c4ccc(CNC(=O)C(C)(C)CCOC(C)(C)CNC(=O)C[n+]5ccc(/C=C/c6cccc7ccccc67)cc5)cc4)n(C)nc3c2=O)CC1)c1ccccc1. The lowest BCUT2D eigenvalue weighted by atomic mass is 9.88. The molecule has 8 rings (SSSR count).